The van der Waals surface area contributed by atoms with Crippen LogP contribution in [0.15, 0.2) is 96.2 Å². The first-order valence-corrected chi connectivity index (χ1v) is 32.6. The van der Waals surface area contributed by atoms with Gasteiger partial charge in [-0.1, -0.05) is 68.0 Å². The van der Waals surface area contributed by atoms with E-state index >= 15 is 0 Å². The Hall–Kier alpha value is -7.44. The largest absolute Gasteiger partial charge is 0.508 e. The maximum absolute atomic E-state index is 12.7. The number of carboxylic acids is 2. The highest BCUT2D eigenvalue weighted by Gasteiger charge is 2.28. The van der Waals surface area contributed by atoms with Crippen LogP contribution in [0.1, 0.15) is 151 Å². The zero-order valence-corrected chi connectivity index (χ0v) is 56.2. The van der Waals surface area contributed by atoms with Gasteiger partial charge in [0.05, 0.1) is 16.8 Å². The second-order valence-corrected chi connectivity index (χ2v) is 27.8. The lowest BCUT2D eigenvalue weighted by molar-refractivity contribution is -0.388. The summed E-state index contributed by atoms with van der Waals surface area (Å²) in [6, 6.07) is 23.0. The van der Waals surface area contributed by atoms with E-state index in [9.17, 15) is 59.0 Å². The molecule has 22 nitrogen and oxygen atoms in total. The normalized spacial score (nSPS) is 14.0. The van der Waals surface area contributed by atoms with Crippen molar-refractivity contribution in [3.63, 3.8) is 0 Å². The van der Waals surface area contributed by atoms with Crippen molar-refractivity contribution in [3.05, 3.63) is 118 Å². The molecule has 1 aliphatic rings. The van der Waals surface area contributed by atoms with Crippen LogP contribution in [-0.4, -0.2) is 126 Å². The minimum Gasteiger partial charge on any atom is -0.508 e. The van der Waals surface area contributed by atoms with Gasteiger partial charge in [-0.25, -0.2) is 4.98 Å². The molecule has 2 heterocycles. The number of benzene rings is 3. The Morgan fingerprint density at radius 2 is 0.945 bits per heavy atom. The van der Waals surface area contributed by atoms with Crippen molar-refractivity contribution in [3.8, 4) is 17.2 Å². The summed E-state index contributed by atoms with van der Waals surface area (Å²) in [5.74, 6) is -4.82. The molecule has 24 heteroatoms. The van der Waals surface area contributed by atoms with E-state index in [0.717, 1.165) is 40.7 Å². The summed E-state index contributed by atoms with van der Waals surface area (Å²) in [6.45, 7) is 23.0. The van der Waals surface area contributed by atoms with Crippen LogP contribution >= 0.6 is 21.6 Å². The molecule has 91 heavy (non-hydrogen) atoms. The molecule has 1 fully saturated rings. The van der Waals surface area contributed by atoms with E-state index < -0.39 is 57.4 Å². The Balaban J connectivity index is 0.000000472. The number of phenols is 3. The smallest absolute Gasteiger partial charge is 0.325 e. The highest BCUT2D eigenvalue weighted by Crippen LogP contribution is 2.35. The van der Waals surface area contributed by atoms with Gasteiger partial charge in [-0.2, -0.15) is 0 Å². The molecule has 6 N–H and O–H groups in total. The zero-order valence-electron chi connectivity index (χ0n) is 54.6. The summed E-state index contributed by atoms with van der Waals surface area (Å²) in [5.41, 5.74) is 0.984. The molecule has 0 saturated carbocycles. The standard InChI is InChI=1S/C27H35N3O8S2.2C18H26O5.C4H8O/c1-18(14-20(16-23(32)38-27(2,3)4)15-19-7-9-21(31)10-8-19)25(34)29-17-24(33)37-12-13-39-40-26-22(30(35)36)6-5-11-28-26;2*1-12(17(21)22)9-14(11-16(20)23-18(2,3)4)10-13-5-7-15(19)8-6-13;1-2-4-5-3-1/h5-11,18,20,31H,12-17H2,1-4H3,(H,29,34);2*5-8,12,14,19H,9-11H2,1-4H3,(H,21,22);1-4H2/t18-,20+;2*12-,14+;/m000./s1. The van der Waals surface area contributed by atoms with E-state index in [4.69, 9.17) is 33.9 Å². The Bertz CT molecular complexity index is 2780. The average Bonchev–Trinajstić information content (AvgIpc) is 1.71. The van der Waals surface area contributed by atoms with Gasteiger partial charge in [0.2, 0.25) is 5.91 Å². The fourth-order valence-electron chi connectivity index (χ4n) is 9.05. The van der Waals surface area contributed by atoms with Crippen LogP contribution in [-0.2, 0) is 76.5 Å². The lowest BCUT2D eigenvalue weighted by Crippen LogP contribution is -2.35. The van der Waals surface area contributed by atoms with E-state index in [1.165, 1.54) is 42.0 Å². The molecule has 4 aromatic rings. The number of carboxylic acid groups (broad SMARTS) is 2. The van der Waals surface area contributed by atoms with Gasteiger partial charge in [0, 0.05) is 56.4 Å². The summed E-state index contributed by atoms with van der Waals surface area (Å²) >= 11 is 0. The van der Waals surface area contributed by atoms with Crippen molar-refractivity contribution in [1.29, 1.82) is 0 Å². The van der Waals surface area contributed by atoms with E-state index in [2.05, 4.69) is 10.3 Å². The average molecular weight is 1310 g/mol. The van der Waals surface area contributed by atoms with Gasteiger partial charge in [0.25, 0.3) is 0 Å². The Morgan fingerprint density at radius 3 is 1.26 bits per heavy atom. The summed E-state index contributed by atoms with van der Waals surface area (Å²) < 4.78 is 26.2. The van der Waals surface area contributed by atoms with Crippen LogP contribution in [0, 0.1) is 45.6 Å². The first-order valence-electron chi connectivity index (χ1n) is 30.3. The van der Waals surface area contributed by atoms with Gasteiger partial charge in [-0.05, 0) is 201 Å². The van der Waals surface area contributed by atoms with E-state index in [-0.39, 0.29) is 102 Å². The fraction of sp³-hybridized carbons (Fsp3) is 0.552. The van der Waals surface area contributed by atoms with E-state index in [0.29, 0.717) is 44.3 Å². The van der Waals surface area contributed by atoms with Crippen LogP contribution < -0.4 is 5.32 Å². The number of carbonyl (C=O) groups excluding carboxylic acids is 5. The summed E-state index contributed by atoms with van der Waals surface area (Å²) in [4.78, 5) is 98.1. The molecule has 504 valence electrons. The van der Waals surface area contributed by atoms with E-state index in [1.807, 2.05) is 0 Å². The lowest BCUT2D eigenvalue weighted by atomic mass is 9.87. The number of ether oxygens (including phenoxy) is 5. The molecule has 1 aliphatic heterocycles. The molecule has 1 saturated heterocycles. The van der Waals surface area contributed by atoms with Crippen molar-refractivity contribution in [2.24, 2.45) is 35.5 Å². The first-order chi connectivity index (χ1) is 42.5. The summed E-state index contributed by atoms with van der Waals surface area (Å²) in [5, 5.41) is 60.3. The van der Waals surface area contributed by atoms with Crippen LogP contribution in [0.3, 0.4) is 0 Å². The molecule has 1 aromatic heterocycles. The number of aromatic nitrogens is 1. The molecule has 1 amide bonds. The number of aromatic hydroxyl groups is 3. The number of rotatable bonds is 29. The van der Waals surface area contributed by atoms with Gasteiger partial charge in [0.15, 0.2) is 5.03 Å². The minimum absolute atomic E-state index is 0.0626. The van der Waals surface area contributed by atoms with Crippen LogP contribution in [0.2, 0.25) is 0 Å². The van der Waals surface area contributed by atoms with Gasteiger partial charge >= 0.3 is 41.5 Å². The van der Waals surface area contributed by atoms with Crippen molar-refractivity contribution in [2.45, 2.75) is 176 Å². The van der Waals surface area contributed by atoms with Crippen molar-refractivity contribution >= 4 is 69.0 Å². The number of nitrogens with one attached hydrogen (secondary N) is 1. The number of hydrogen-bond donors (Lipinski definition) is 6. The maximum Gasteiger partial charge on any atom is 0.325 e. The first kappa shape index (κ1) is 79.7. The minimum atomic E-state index is -0.870. The number of nitro groups is 1. The third-order valence-corrected chi connectivity index (χ3v) is 15.4. The van der Waals surface area contributed by atoms with Crippen molar-refractivity contribution in [1.82, 2.24) is 10.3 Å². The van der Waals surface area contributed by atoms with Crippen LogP contribution in [0.4, 0.5) is 5.69 Å². The zero-order chi connectivity index (χ0) is 68.5. The third-order valence-electron chi connectivity index (χ3n) is 13.1. The highest BCUT2D eigenvalue weighted by atomic mass is 33.1. The quantitative estimate of drug-likeness (QED) is 0.00734. The van der Waals surface area contributed by atoms with E-state index in [1.54, 1.807) is 156 Å². The number of aliphatic carboxylic acids is 2. The van der Waals surface area contributed by atoms with Crippen molar-refractivity contribution in [2.75, 3.05) is 32.1 Å². The van der Waals surface area contributed by atoms with Gasteiger partial charge in [-0.3, -0.25) is 43.7 Å². The predicted octanol–water partition coefficient (Wildman–Crippen LogP) is 12.3. The second-order valence-electron chi connectivity index (χ2n) is 25.4. The number of hydrogen-bond acceptors (Lipinski definition) is 20. The number of carbonyl (C=O) groups is 7. The van der Waals surface area contributed by atoms with Gasteiger partial charge in [0.1, 0.15) is 47.2 Å². The Kier molecular flexibility index (Phi) is 35.4. The molecular weight excluding hydrogens is 1210 g/mol. The van der Waals surface area contributed by atoms with Gasteiger partial charge < -0.3 is 54.5 Å². The molecule has 0 bridgehead atoms. The Morgan fingerprint density at radius 1 is 0.582 bits per heavy atom. The lowest BCUT2D eigenvalue weighted by Gasteiger charge is -2.24. The molecule has 0 aliphatic carbocycles. The topological polar surface area (TPSA) is 335 Å². The summed E-state index contributed by atoms with van der Waals surface area (Å²) in [6.07, 6.45) is 7.32. The molecule has 5 rings (SSSR count). The predicted molar refractivity (Wildman–Crippen MR) is 347 cm³/mol. The number of nitrogens with zero attached hydrogens (tertiary/aromatic N) is 2. The number of esters is 4. The molecule has 3 aromatic carbocycles. The monoisotopic (exact) mass is 1310 g/mol. The van der Waals surface area contributed by atoms with Crippen LogP contribution in [0.25, 0.3) is 0 Å². The SMILES string of the molecule is C1CCOC1.C[C@@H](C[C@@H](CC(=O)OC(C)(C)C)Cc1ccc(O)cc1)C(=O)NCC(=O)OCCSSc1ncccc1[N+](=O)[O-].C[C@@H](C[C@@H](CC(=O)OC(C)(C)C)Cc1ccc(O)cc1)C(=O)O.C[C@@H](C[C@@H](CC(=O)OC(C)(C)C)Cc1ccc(O)cc1)C(=O)O. The molecule has 0 radical (unpaired) electrons. The van der Waals surface area contributed by atoms with Crippen molar-refractivity contribution < 1.29 is 87.7 Å². The second kappa shape index (κ2) is 40.4. The molecule has 0 unspecified atom stereocenters. The Labute approximate surface area is 542 Å². The fourth-order valence-corrected chi connectivity index (χ4v) is 10.9. The number of pyridine rings is 1. The van der Waals surface area contributed by atoms with Crippen LogP contribution in [0.5, 0.6) is 17.2 Å². The summed E-state index contributed by atoms with van der Waals surface area (Å²) in [7, 11) is 2.38. The molecular formula is C67H95N3O19S2. The molecule has 0 spiro atoms. The maximum atomic E-state index is 12.7. The number of phenolic OH excluding ortho intramolecular Hbond substituents is 3. The third kappa shape index (κ3) is 38.1. The number of amides is 1. The molecule has 6 atom stereocenters. The highest BCUT2D eigenvalue weighted by molar-refractivity contribution is 8.76. The van der Waals surface area contributed by atoms with Gasteiger partial charge in [-0.15, -0.1) is 0 Å².